The summed E-state index contributed by atoms with van der Waals surface area (Å²) >= 11 is 12.5. The number of fused-ring (bicyclic) bond motifs is 1. The van der Waals surface area contributed by atoms with E-state index in [1.54, 1.807) is 19.2 Å². The number of methoxy groups -OCH3 is 1. The molecular weight excluding hydrogens is 309 g/mol. The minimum absolute atomic E-state index is 0.0114. The molecule has 2 aromatic carbocycles. The lowest BCUT2D eigenvalue weighted by atomic mass is 10.0. The maximum atomic E-state index is 11.4. The summed E-state index contributed by atoms with van der Waals surface area (Å²) in [5.41, 5.74) is 3.60. The van der Waals surface area contributed by atoms with Crippen LogP contribution in [0.1, 0.15) is 22.1 Å². The summed E-state index contributed by atoms with van der Waals surface area (Å²) in [6, 6.07) is 11.1. The average Bonchev–Trinajstić information content (AvgIpc) is 2.85. The average molecular weight is 322 g/mol. The number of alkyl halides is 1. The first kappa shape index (κ1) is 14.2. The van der Waals surface area contributed by atoms with E-state index in [-0.39, 0.29) is 11.3 Å². The van der Waals surface area contributed by atoms with Crippen LogP contribution in [0.3, 0.4) is 0 Å². The molecule has 5 heteroatoms. The summed E-state index contributed by atoms with van der Waals surface area (Å²) in [6.45, 7) is 0. The monoisotopic (exact) mass is 321 g/mol. The second-order valence-electron chi connectivity index (χ2n) is 4.89. The zero-order chi connectivity index (χ0) is 15.0. The van der Waals surface area contributed by atoms with Crippen LogP contribution < -0.4 is 10.1 Å². The fourth-order valence-corrected chi connectivity index (χ4v) is 2.96. The first-order valence-electron chi connectivity index (χ1n) is 6.48. The Morgan fingerprint density at radius 3 is 2.81 bits per heavy atom. The third kappa shape index (κ3) is 2.71. The smallest absolute Gasteiger partial charge is 0.228 e. The van der Waals surface area contributed by atoms with E-state index in [4.69, 9.17) is 27.9 Å². The van der Waals surface area contributed by atoms with Gasteiger partial charge in [0.1, 0.15) is 5.75 Å². The van der Waals surface area contributed by atoms with Crippen LogP contribution in [0.25, 0.3) is 0 Å². The molecule has 1 aliphatic rings. The summed E-state index contributed by atoms with van der Waals surface area (Å²) in [5, 5.41) is 3.05. The van der Waals surface area contributed by atoms with Gasteiger partial charge in [0.15, 0.2) is 0 Å². The Balaban J connectivity index is 1.98. The van der Waals surface area contributed by atoms with Gasteiger partial charge >= 0.3 is 0 Å². The van der Waals surface area contributed by atoms with Crippen molar-refractivity contribution in [3.05, 3.63) is 58.1 Å². The van der Waals surface area contributed by atoms with Gasteiger partial charge in [-0.05, 0) is 29.3 Å². The first-order valence-corrected chi connectivity index (χ1v) is 7.30. The largest absolute Gasteiger partial charge is 0.496 e. The summed E-state index contributed by atoms with van der Waals surface area (Å²) in [7, 11) is 1.59. The molecule has 1 heterocycles. The molecule has 3 rings (SSSR count). The number of nitrogens with one attached hydrogen (secondary N) is 1. The summed E-state index contributed by atoms with van der Waals surface area (Å²) in [4.78, 5) is 11.4. The number of hydrogen-bond acceptors (Lipinski definition) is 2. The first-order chi connectivity index (χ1) is 10.1. The SMILES string of the molecule is COc1cc(Cl)ccc1C(Cl)c1ccc2c(c1)CC(=O)N2. The van der Waals surface area contributed by atoms with Gasteiger partial charge in [0.25, 0.3) is 0 Å². The molecule has 1 atom stereocenters. The number of ether oxygens (including phenoxy) is 1. The number of anilines is 1. The quantitative estimate of drug-likeness (QED) is 0.861. The molecule has 1 unspecified atom stereocenters. The van der Waals surface area contributed by atoms with Crippen molar-refractivity contribution in [2.24, 2.45) is 0 Å². The van der Waals surface area contributed by atoms with Crippen molar-refractivity contribution < 1.29 is 9.53 Å². The zero-order valence-corrected chi connectivity index (χ0v) is 12.8. The molecule has 1 aliphatic heterocycles. The predicted molar refractivity (Wildman–Crippen MR) is 84.5 cm³/mol. The van der Waals surface area contributed by atoms with Crippen molar-refractivity contribution in [2.75, 3.05) is 12.4 Å². The highest BCUT2D eigenvalue weighted by molar-refractivity contribution is 6.30. The lowest BCUT2D eigenvalue weighted by Crippen LogP contribution is -2.03. The minimum atomic E-state index is -0.363. The molecule has 0 bridgehead atoms. The number of rotatable bonds is 3. The van der Waals surface area contributed by atoms with Crippen molar-refractivity contribution in [3.8, 4) is 5.75 Å². The molecule has 1 N–H and O–H groups in total. The van der Waals surface area contributed by atoms with Crippen LogP contribution in [0.15, 0.2) is 36.4 Å². The van der Waals surface area contributed by atoms with E-state index in [0.29, 0.717) is 17.2 Å². The van der Waals surface area contributed by atoms with Crippen molar-refractivity contribution in [1.29, 1.82) is 0 Å². The summed E-state index contributed by atoms with van der Waals surface area (Å²) < 4.78 is 5.34. The lowest BCUT2D eigenvalue weighted by molar-refractivity contribution is -0.115. The molecule has 0 fully saturated rings. The molecule has 0 aliphatic carbocycles. The van der Waals surface area contributed by atoms with Crippen molar-refractivity contribution >= 4 is 34.8 Å². The molecule has 0 radical (unpaired) electrons. The topological polar surface area (TPSA) is 38.3 Å². The number of amides is 1. The Bertz CT molecular complexity index is 715. The van der Waals surface area contributed by atoms with Crippen LogP contribution in [-0.4, -0.2) is 13.0 Å². The van der Waals surface area contributed by atoms with E-state index >= 15 is 0 Å². The van der Waals surface area contributed by atoms with Crippen molar-refractivity contribution in [1.82, 2.24) is 0 Å². The van der Waals surface area contributed by atoms with E-state index in [0.717, 1.165) is 22.4 Å². The zero-order valence-electron chi connectivity index (χ0n) is 11.3. The van der Waals surface area contributed by atoms with Gasteiger partial charge in [-0.1, -0.05) is 29.8 Å². The third-order valence-electron chi connectivity index (χ3n) is 3.52. The van der Waals surface area contributed by atoms with Crippen LogP contribution in [0.4, 0.5) is 5.69 Å². The van der Waals surface area contributed by atoms with Crippen LogP contribution in [0.5, 0.6) is 5.75 Å². The second-order valence-corrected chi connectivity index (χ2v) is 5.76. The molecule has 0 spiro atoms. The van der Waals surface area contributed by atoms with Crippen molar-refractivity contribution in [2.45, 2.75) is 11.8 Å². The van der Waals surface area contributed by atoms with Gasteiger partial charge < -0.3 is 10.1 Å². The van der Waals surface area contributed by atoms with Crippen LogP contribution in [-0.2, 0) is 11.2 Å². The highest BCUT2D eigenvalue weighted by Gasteiger charge is 2.21. The van der Waals surface area contributed by atoms with E-state index in [1.807, 2.05) is 24.3 Å². The maximum absolute atomic E-state index is 11.4. The Hall–Kier alpha value is -1.71. The van der Waals surface area contributed by atoms with Gasteiger partial charge in [0.05, 0.1) is 18.9 Å². The Kier molecular flexibility index (Phi) is 3.79. The van der Waals surface area contributed by atoms with Gasteiger partial charge in [-0.25, -0.2) is 0 Å². The Morgan fingerprint density at radius 2 is 2.05 bits per heavy atom. The van der Waals surface area contributed by atoms with Gasteiger partial charge in [-0.3, -0.25) is 4.79 Å². The van der Waals surface area contributed by atoms with Gasteiger partial charge in [0, 0.05) is 16.3 Å². The second kappa shape index (κ2) is 5.58. The Morgan fingerprint density at radius 1 is 1.24 bits per heavy atom. The molecule has 3 nitrogen and oxygen atoms in total. The fourth-order valence-electron chi connectivity index (χ4n) is 2.48. The summed E-state index contributed by atoms with van der Waals surface area (Å²) in [5.74, 6) is 0.662. The Labute approximate surface area is 132 Å². The van der Waals surface area contributed by atoms with Crippen LogP contribution in [0.2, 0.25) is 5.02 Å². The van der Waals surface area contributed by atoms with Crippen molar-refractivity contribution in [3.63, 3.8) is 0 Å². The fraction of sp³-hybridized carbons (Fsp3) is 0.188. The molecule has 21 heavy (non-hydrogen) atoms. The predicted octanol–water partition coefficient (Wildman–Crippen LogP) is 4.17. The standard InChI is InChI=1S/C16H13Cl2NO2/c1-21-14-8-11(17)3-4-12(14)16(18)9-2-5-13-10(6-9)7-15(20)19-13/h2-6,8,16H,7H2,1H3,(H,19,20). The van der Waals surface area contributed by atoms with E-state index in [1.165, 1.54) is 0 Å². The molecule has 1 amide bonds. The molecule has 108 valence electrons. The number of hydrogen-bond donors (Lipinski definition) is 1. The molecule has 0 saturated heterocycles. The van der Waals surface area contributed by atoms with Gasteiger partial charge in [-0.2, -0.15) is 0 Å². The number of carbonyl (C=O) groups is 1. The highest BCUT2D eigenvalue weighted by atomic mass is 35.5. The van der Waals surface area contributed by atoms with Crippen LogP contribution >= 0.6 is 23.2 Å². The lowest BCUT2D eigenvalue weighted by Gasteiger charge is -2.15. The molecule has 2 aromatic rings. The highest BCUT2D eigenvalue weighted by Crippen LogP contribution is 2.38. The van der Waals surface area contributed by atoms with E-state index in [2.05, 4.69) is 5.32 Å². The number of benzene rings is 2. The molecule has 0 saturated carbocycles. The minimum Gasteiger partial charge on any atom is -0.496 e. The van der Waals surface area contributed by atoms with Crippen LogP contribution in [0, 0.1) is 0 Å². The third-order valence-corrected chi connectivity index (χ3v) is 4.24. The van der Waals surface area contributed by atoms with Gasteiger partial charge in [-0.15, -0.1) is 11.6 Å². The number of carbonyl (C=O) groups excluding carboxylic acids is 1. The molecular formula is C16H13Cl2NO2. The molecule has 0 aromatic heterocycles. The summed E-state index contributed by atoms with van der Waals surface area (Å²) in [6.07, 6.45) is 0.393. The number of halogens is 2. The van der Waals surface area contributed by atoms with E-state index in [9.17, 15) is 4.79 Å². The normalized spacial score (nSPS) is 14.5. The van der Waals surface area contributed by atoms with E-state index < -0.39 is 0 Å². The maximum Gasteiger partial charge on any atom is 0.228 e. The van der Waals surface area contributed by atoms with Gasteiger partial charge in [0.2, 0.25) is 5.91 Å².